The molecule has 2 unspecified atom stereocenters. The average molecular weight is 483 g/mol. The second kappa shape index (κ2) is 9.33. The molecule has 1 amide bonds. The minimum atomic E-state index is -0.217. The van der Waals surface area contributed by atoms with E-state index in [1.807, 2.05) is 12.1 Å². The highest BCUT2D eigenvalue weighted by Gasteiger charge is 2.42. The average Bonchev–Trinajstić information content (AvgIpc) is 3.30. The fraction of sp³-hybridized carbons (Fsp3) is 0.500. The summed E-state index contributed by atoms with van der Waals surface area (Å²) in [6.45, 7) is 5.21. The van der Waals surface area contributed by atoms with Crippen molar-refractivity contribution in [1.82, 2.24) is 9.80 Å². The molecule has 0 N–H and O–H groups in total. The number of ether oxygens (including phenoxy) is 1. The molecule has 4 nitrogen and oxygen atoms in total. The van der Waals surface area contributed by atoms with E-state index < -0.39 is 0 Å². The van der Waals surface area contributed by atoms with Gasteiger partial charge in [-0.1, -0.05) is 40.5 Å². The van der Waals surface area contributed by atoms with Gasteiger partial charge < -0.3 is 14.5 Å². The SMILES string of the molecule is O=C1C(c2ccc(Br)cc2)c2ccc(OCCCN3CCCCC3)cc2C2CCCN12. The maximum Gasteiger partial charge on any atom is 0.235 e. The number of amides is 1. The molecule has 5 heteroatoms. The third kappa shape index (κ3) is 4.40. The van der Waals surface area contributed by atoms with Crippen LogP contribution < -0.4 is 4.74 Å². The van der Waals surface area contributed by atoms with Gasteiger partial charge in [0, 0.05) is 17.6 Å². The summed E-state index contributed by atoms with van der Waals surface area (Å²) in [5.74, 6) is 0.964. The van der Waals surface area contributed by atoms with E-state index in [0.717, 1.165) is 60.3 Å². The molecule has 0 saturated carbocycles. The summed E-state index contributed by atoms with van der Waals surface area (Å²) in [5.41, 5.74) is 3.49. The lowest BCUT2D eigenvalue weighted by Crippen LogP contribution is -2.40. The van der Waals surface area contributed by atoms with Crippen LogP contribution in [0.1, 0.15) is 67.2 Å². The zero-order valence-corrected chi connectivity index (χ0v) is 19.6. The van der Waals surface area contributed by atoms with Gasteiger partial charge in [-0.05, 0) is 86.1 Å². The molecule has 0 spiro atoms. The molecule has 0 aromatic heterocycles. The van der Waals surface area contributed by atoms with E-state index in [2.05, 4.69) is 56.1 Å². The molecular formula is C26H31BrN2O2. The van der Waals surface area contributed by atoms with Crippen molar-refractivity contribution >= 4 is 21.8 Å². The van der Waals surface area contributed by atoms with Crippen molar-refractivity contribution in [1.29, 1.82) is 0 Å². The van der Waals surface area contributed by atoms with Crippen molar-refractivity contribution in [3.63, 3.8) is 0 Å². The van der Waals surface area contributed by atoms with Crippen LogP contribution in [0, 0.1) is 0 Å². The molecule has 0 radical (unpaired) electrons. The van der Waals surface area contributed by atoms with E-state index >= 15 is 0 Å². The van der Waals surface area contributed by atoms with E-state index in [1.54, 1.807) is 0 Å². The fourth-order valence-corrected chi connectivity index (χ4v) is 5.75. The summed E-state index contributed by atoms with van der Waals surface area (Å²) in [6, 6.07) is 14.8. The quantitative estimate of drug-likeness (QED) is 0.508. The molecule has 2 aromatic rings. The van der Waals surface area contributed by atoms with Crippen LogP contribution in [0.4, 0.5) is 0 Å². The fourth-order valence-electron chi connectivity index (χ4n) is 5.49. The molecular weight excluding hydrogens is 452 g/mol. The Hall–Kier alpha value is -1.85. The van der Waals surface area contributed by atoms with Crippen LogP contribution in [-0.4, -0.2) is 48.5 Å². The Kier molecular flexibility index (Phi) is 6.33. The maximum atomic E-state index is 13.4. The Morgan fingerprint density at radius 3 is 2.55 bits per heavy atom. The van der Waals surface area contributed by atoms with Gasteiger partial charge in [-0.3, -0.25) is 4.79 Å². The molecule has 31 heavy (non-hydrogen) atoms. The lowest BCUT2D eigenvalue weighted by molar-refractivity contribution is -0.133. The van der Waals surface area contributed by atoms with Crippen LogP contribution in [-0.2, 0) is 4.79 Å². The van der Waals surface area contributed by atoms with Gasteiger partial charge in [0.15, 0.2) is 0 Å². The highest BCUT2D eigenvalue weighted by Crippen LogP contribution is 2.46. The summed E-state index contributed by atoms with van der Waals surface area (Å²) in [7, 11) is 0. The largest absolute Gasteiger partial charge is 0.494 e. The summed E-state index contributed by atoms with van der Waals surface area (Å²) >= 11 is 3.51. The van der Waals surface area contributed by atoms with Crippen molar-refractivity contribution in [3.8, 4) is 5.75 Å². The zero-order valence-electron chi connectivity index (χ0n) is 18.1. The van der Waals surface area contributed by atoms with Crippen molar-refractivity contribution < 1.29 is 9.53 Å². The lowest BCUT2D eigenvalue weighted by Gasteiger charge is -2.37. The van der Waals surface area contributed by atoms with Gasteiger partial charge in [0.05, 0.1) is 18.6 Å². The Morgan fingerprint density at radius 2 is 1.74 bits per heavy atom. The molecule has 2 fully saturated rings. The predicted octanol–water partition coefficient (Wildman–Crippen LogP) is 5.51. The van der Waals surface area contributed by atoms with Crippen LogP contribution >= 0.6 is 15.9 Å². The van der Waals surface area contributed by atoms with E-state index in [9.17, 15) is 4.79 Å². The molecule has 0 bridgehead atoms. The Balaban J connectivity index is 1.33. The van der Waals surface area contributed by atoms with Crippen molar-refractivity contribution in [2.24, 2.45) is 0 Å². The second-order valence-electron chi connectivity index (χ2n) is 9.07. The van der Waals surface area contributed by atoms with Crippen LogP contribution in [0.15, 0.2) is 46.9 Å². The van der Waals surface area contributed by atoms with Crippen molar-refractivity contribution in [2.75, 3.05) is 32.8 Å². The monoisotopic (exact) mass is 482 g/mol. The molecule has 3 aliphatic heterocycles. The minimum absolute atomic E-state index is 0.200. The number of carbonyl (C=O) groups excluding carboxylic acids is 1. The molecule has 164 valence electrons. The second-order valence-corrected chi connectivity index (χ2v) is 9.98. The van der Waals surface area contributed by atoms with E-state index in [4.69, 9.17) is 4.74 Å². The smallest absolute Gasteiger partial charge is 0.235 e. The van der Waals surface area contributed by atoms with E-state index in [1.165, 1.54) is 37.9 Å². The molecule has 3 aliphatic rings. The first kappa shape index (κ1) is 21.0. The first-order valence-corrected chi connectivity index (χ1v) is 12.5. The normalized spacial score (nSPS) is 23.5. The van der Waals surface area contributed by atoms with Crippen LogP contribution in [0.25, 0.3) is 0 Å². The number of hydrogen-bond acceptors (Lipinski definition) is 3. The minimum Gasteiger partial charge on any atom is -0.494 e. The van der Waals surface area contributed by atoms with Crippen LogP contribution in [0.3, 0.4) is 0 Å². The molecule has 0 aliphatic carbocycles. The van der Waals surface area contributed by atoms with Crippen molar-refractivity contribution in [3.05, 3.63) is 63.6 Å². The van der Waals surface area contributed by atoms with Gasteiger partial charge in [0.25, 0.3) is 0 Å². The number of carbonyl (C=O) groups is 1. The number of fused-ring (bicyclic) bond motifs is 3. The highest BCUT2D eigenvalue weighted by atomic mass is 79.9. The highest BCUT2D eigenvalue weighted by molar-refractivity contribution is 9.10. The number of nitrogens with zero attached hydrogens (tertiary/aromatic N) is 2. The summed E-state index contributed by atoms with van der Waals surface area (Å²) in [6.07, 6.45) is 7.23. The summed E-state index contributed by atoms with van der Waals surface area (Å²) in [5, 5.41) is 0. The molecule has 3 heterocycles. The van der Waals surface area contributed by atoms with Gasteiger partial charge in [-0.25, -0.2) is 0 Å². The van der Waals surface area contributed by atoms with Gasteiger partial charge in [-0.15, -0.1) is 0 Å². The maximum absolute atomic E-state index is 13.4. The number of likely N-dealkylation sites (tertiary alicyclic amines) is 1. The zero-order chi connectivity index (χ0) is 21.2. The van der Waals surface area contributed by atoms with Crippen molar-refractivity contribution in [2.45, 2.75) is 50.5 Å². The number of halogens is 1. The first-order chi connectivity index (χ1) is 15.2. The van der Waals surface area contributed by atoms with Gasteiger partial charge in [-0.2, -0.15) is 0 Å². The molecule has 2 aromatic carbocycles. The first-order valence-electron chi connectivity index (χ1n) is 11.8. The predicted molar refractivity (Wildman–Crippen MR) is 127 cm³/mol. The number of hydrogen-bond donors (Lipinski definition) is 0. The Morgan fingerprint density at radius 1 is 0.935 bits per heavy atom. The third-order valence-corrected chi connectivity index (χ3v) is 7.58. The topological polar surface area (TPSA) is 32.8 Å². The third-order valence-electron chi connectivity index (χ3n) is 7.05. The number of benzene rings is 2. The Bertz CT molecular complexity index is 924. The van der Waals surface area contributed by atoms with Crippen LogP contribution in [0.2, 0.25) is 0 Å². The number of rotatable bonds is 6. The summed E-state index contributed by atoms with van der Waals surface area (Å²) < 4.78 is 7.19. The van der Waals surface area contributed by atoms with E-state index in [0.29, 0.717) is 0 Å². The Labute approximate surface area is 193 Å². The lowest BCUT2D eigenvalue weighted by atomic mass is 9.81. The van der Waals surface area contributed by atoms with Gasteiger partial charge in [0.1, 0.15) is 5.75 Å². The molecule has 5 rings (SSSR count). The van der Waals surface area contributed by atoms with E-state index in [-0.39, 0.29) is 17.9 Å². The molecule has 2 atom stereocenters. The van der Waals surface area contributed by atoms with Gasteiger partial charge >= 0.3 is 0 Å². The molecule has 2 saturated heterocycles. The standard InChI is InChI=1S/C26H31BrN2O2/c27-20-9-7-19(8-10-20)25-22-12-11-21(31-17-5-15-28-13-2-1-3-14-28)18-23(22)24-6-4-16-29(24)26(25)30/h7-12,18,24-25H,1-6,13-17H2. The summed E-state index contributed by atoms with van der Waals surface area (Å²) in [4.78, 5) is 18.0. The van der Waals surface area contributed by atoms with Crippen LogP contribution in [0.5, 0.6) is 5.75 Å². The number of piperidine rings is 1. The van der Waals surface area contributed by atoms with Gasteiger partial charge in [0.2, 0.25) is 5.91 Å².